The van der Waals surface area contributed by atoms with Gasteiger partial charge in [-0.05, 0) is 48.1 Å². The lowest BCUT2D eigenvalue weighted by molar-refractivity contribution is -0.255. The third kappa shape index (κ3) is 2.89. The second-order valence-corrected chi connectivity index (χ2v) is 7.09. The summed E-state index contributed by atoms with van der Waals surface area (Å²) in [4.78, 5) is 11.4. The van der Waals surface area contributed by atoms with Gasteiger partial charge in [0.2, 0.25) is 0 Å². The zero-order valence-corrected chi connectivity index (χ0v) is 14.5. The first-order valence-corrected chi connectivity index (χ1v) is 8.72. The smallest absolute Gasteiger partial charge is 0.416 e. The van der Waals surface area contributed by atoms with E-state index in [0.717, 1.165) is 18.1 Å². The number of allylic oxidation sites excluding steroid dienone is 2. The lowest BCUT2D eigenvalue weighted by atomic mass is 9.75. The zero-order valence-electron chi connectivity index (χ0n) is 14.5. The highest BCUT2D eigenvalue weighted by molar-refractivity contribution is 5.90. The Bertz CT molecular complexity index is 949. The molecule has 0 unspecified atom stereocenters. The van der Waals surface area contributed by atoms with E-state index in [9.17, 15) is 23.1 Å². The van der Waals surface area contributed by atoms with Crippen LogP contribution < -0.4 is 10.4 Å². The fourth-order valence-electron chi connectivity index (χ4n) is 4.27. The number of alkyl halides is 3. The Hall–Kier alpha value is -2.76. The number of nitrogens with one attached hydrogen (secondary N) is 1. The molecule has 2 aliphatic rings. The molecule has 2 aromatic carbocycles. The Morgan fingerprint density at radius 2 is 2.00 bits per heavy atom. The van der Waals surface area contributed by atoms with Gasteiger partial charge >= 0.3 is 6.18 Å². The number of carbonyl (C=O) groups is 1. The standard InChI is InChI=1S/C21H18F3NO2/c1-11-14(20(26)27)8-9-17-15-6-3-7-16(15)19(25-18(11)17)12-4-2-5-13(10-12)21(22,23)24/h2-6,8-10,15-16,19,25H,7H2,1H3,(H,26,27)/p-1/t15-,16+,19+/m1/s1. The third-order valence-corrected chi connectivity index (χ3v) is 5.59. The molecule has 0 saturated heterocycles. The summed E-state index contributed by atoms with van der Waals surface area (Å²) in [6.45, 7) is 1.69. The molecule has 0 spiro atoms. The summed E-state index contributed by atoms with van der Waals surface area (Å²) in [6, 6.07) is 8.31. The molecule has 0 fully saturated rings. The largest absolute Gasteiger partial charge is 0.545 e. The molecule has 0 bridgehead atoms. The van der Waals surface area contributed by atoms with E-state index >= 15 is 0 Å². The van der Waals surface area contributed by atoms with Gasteiger partial charge < -0.3 is 15.2 Å². The summed E-state index contributed by atoms with van der Waals surface area (Å²) >= 11 is 0. The van der Waals surface area contributed by atoms with Crippen molar-refractivity contribution in [1.29, 1.82) is 0 Å². The van der Waals surface area contributed by atoms with Crippen LogP contribution in [-0.2, 0) is 6.18 Å². The molecule has 1 aliphatic heterocycles. The van der Waals surface area contributed by atoms with Crippen LogP contribution in [-0.4, -0.2) is 5.97 Å². The summed E-state index contributed by atoms with van der Waals surface area (Å²) in [5.41, 5.74) is 2.14. The number of carbonyl (C=O) groups excluding carboxylic acids is 1. The number of anilines is 1. The number of fused-ring (bicyclic) bond motifs is 3. The van der Waals surface area contributed by atoms with Crippen molar-refractivity contribution >= 4 is 11.7 Å². The number of hydrogen-bond donors (Lipinski definition) is 1. The third-order valence-electron chi connectivity index (χ3n) is 5.59. The molecule has 0 radical (unpaired) electrons. The summed E-state index contributed by atoms with van der Waals surface area (Å²) in [6.07, 6.45) is 0.436. The van der Waals surface area contributed by atoms with Crippen LogP contribution >= 0.6 is 0 Å². The summed E-state index contributed by atoms with van der Waals surface area (Å²) in [5, 5.41) is 14.7. The highest BCUT2D eigenvalue weighted by atomic mass is 19.4. The summed E-state index contributed by atoms with van der Waals surface area (Å²) in [7, 11) is 0. The number of benzene rings is 2. The molecule has 0 amide bonds. The maximum atomic E-state index is 13.1. The Labute approximate surface area is 154 Å². The fraction of sp³-hybridized carbons (Fsp3) is 0.286. The van der Waals surface area contributed by atoms with Crippen LogP contribution in [0.4, 0.5) is 18.9 Å². The van der Waals surface area contributed by atoms with Crippen LogP contribution in [0.25, 0.3) is 0 Å². The van der Waals surface area contributed by atoms with E-state index in [1.165, 1.54) is 12.1 Å². The van der Waals surface area contributed by atoms with Gasteiger partial charge in [0.15, 0.2) is 0 Å². The van der Waals surface area contributed by atoms with Gasteiger partial charge in [0, 0.05) is 17.2 Å². The normalized spacial score (nSPS) is 23.5. The van der Waals surface area contributed by atoms with Crippen molar-refractivity contribution in [2.24, 2.45) is 5.92 Å². The molecule has 1 heterocycles. The second-order valence-electron chi connectivity index (χ2n) is 7.09. The summed E-state index contributed by atoms with van der Waals surface area (Å²) in [5.74, 6) is -1.15. The van der Waals surface area contributed by atoms with Crippen molar-refractivity contribution in [3.63, 3.8) is 0 Å². The number of carboxylic acid groups (broad SMARTS) is 1. The van der Waals surface area contributed by atoms with E-state index in [2.05, 4.69) is 11.4 Å². The molecule has 3 nitrogen and oxygen atoms in total. The van der Waals surface area contributed by atoms with Gasteiger partial charge in [-0.2, -0.15) is 13.2 Å². The first-order chi connectivity index (χ1) is 12.8. The monoisotopic (exact) mass is 372 g/mol. The van der Waals surface area contributed by atoms with Gasteiger partial charge in [-0.3, -0.25) is 0 Å². The van der Waals surface area contributed by atoms with Crippen molar-refractivity contribution in [2.75, 3.05) is 5.32 Å². The molecular formula is C21H17F3NO2-. The van der Waals surface area contributed by atoms with Crippen molar-refractivity contribution in [3.05, 3.63) is 76.4 Å². The fourth-order valence-corrected chi connectivity index (χ4v) is 4.27. The lowest BCUT2D eigenvalue weighted by Crippen LogP contribution is -2.31. The van der Waals surface area contributed by atoms with Crippen molar-refractivity contribution in [3.8, 4) is 0 Å². The van der Waals surface area contributed by atoms with Crippen molar-refractivity contribution in [2.45, 2.75) is 31.5 Å². The Kier molecular flexibility index (Phi) is 4.02. The minimum absolute atomic E-state index is 0.0373. The molecule has 1 aliphatic carbocycles. The molecular weight excluding hydrogens is 355 g/mol. The molecule has 3 atom stereocenters. The van der Waals surface area contributed by atoms with Gasteiger partial charge in [0.1, 0.15) is 0 Å². The number of hydrogen-bond acceptors (Lipinski definition) is 3. The average Bonchev–Trinajstić information content (AvgIpc) is 3.10. The SMILES string of the molecule is Cc1c(C(=O)[O-])ccc2c1N[C@@H](c1cccc(C(F)(F)F)c1)[C@H]1CC=C[C@@H]21. The van der Waals surface area contributed by atoms with Crippen LogP contribution in [0.15, 0.2) is 48.6 Å². The Morgan fingerprint density at radius 3 is 2.70 bits per heavy atom. The number of carboxylic acids is 1. The van der Waals surface area contributed by atoms with Crippen LogP contribution in [0.3, 0.4) is 0 Å². The first-order valence-electron chi connectivity index (χ1n) is 8.72. The lowest BCUT2D eigenvalue weighted by Gasteiger charge is -2.39. The number of halogens is 3. The zero-order chi connectivity index (χ0) is 19.3. The minimum atomic E-state index is -4.41. The second kappa shape index (κ2) is 6.15. The average molecular weight is 372 g/mol. The van der Waals surface area contributed by atoms with Gasteiger partial charge in [-0.25, -0.2) is 0 Å². The predicted molar refractivity (Wildman–Crippen MR) is 93.3 cm³/mol. The molecule has 0 saturated carbocycles. The van der Waals surface area contributed by atoms with Gasteiger partial charge in [0.05, 0.1) is 17.6 Å². The van der Waals surface area contributed by atoms with Gasteiger partial charge in [0.25, 0.3) is 0 Å². The van der Waals surface area contributed by atoms with Crippen LogP contribution in [0.2, 0.25) is 0 Å². The Balaban J connectivity index is 1.82. The summed E-state index contributed by atoms with van der Waals surface area (Å²) < 4.78 is 39.4. The van der Waals surface area contributed by atoms with E-state index < -0.39 is 17.7 Å². The first kappa shape index (κ1) is 17.6. The predicted octanol–water partition coefficient (Wildman–Crippen LogP) is 4.20. The molecule has 0 aromatic heterocycles. The van der Waals surface area contributed by atoms with E-state index in [1.807, 2.05) is 6.08 Å². The van der Waals surface area contributed by atoms with Gasteiger partial charge in [-0.15, -0.1) is 0 Å². The molecule has 6 heteroatoms. The molecule has 140 valence electrons. The topological polar surface area (TPSA) is 52.2 Å². The maximum absolute atomic E-state index is 13.1. The van der Waals surface area contributed by atoms with Crippen LogP contribution in [0.5, 0.6) is 0 Å². The van der Waals surface area contributed by atoms with Crippen molar-refractivity contribution in [1.82, 2.24) is 0 Å². The highest BCUT2D eigenvalue weighted by Gasteiger charge is 2.39. The number of aromatic carboxylic acids is 1. The molecule has 2 aromatic rings. The maximum Gasteiger partial charge on any atom is 0.416 e. The molecule has 27 heavy (non-hydrogen) atoms. The van der Waals surface area contributed by atoms with Gasteiger partial charge in [-0.1, -0.05) is 36.4 Å². The van der Waals surface area contributed by atoms with E-state index in [0.29, 0.717) is 16.8 Å². The number of rotatable bonds is 2. The molecule has 1 N–H and O–H groups in total. The minimum Gasteiger partial charge on any atom is -0.545 e. The molecule has 4 rings (SSSR count). The van der Waals surface area contributed by atoms with E-state index in [4.69, 9.17) is 0 Å². The van der Waals surface area contributed by atoms with Crippen molar-refractivity contribution < 1.29 is 23.1 Å². The van der Waals surface area contributed by atoms with E-state index in [-0.39, 0.29) is 23.4 Å². The highest BCUT2D eigenvalue weighted by Crippen LogP contribution is 2.51. The van der Waals surface area contributed by atoms with Crippen LogP contribution in [0, 0.1) is 12.8 Å². The van der Waals surface area contributed by atoms with Crippen LogP contribution in [0.1, 0.15) is 51.0 Å². The van der Waals surface area contributed by atoms with E-state index in [1.54, 1.807) is 25.1 Å². The quantitative estimate of drug-likeness (QED) is 0.804. The Morgan fingerprint density at radius 1 is 1.22 bits per heavy atom.